The van der Waals surface area contributed by atoms with Gasteiger partial charge >= 0.3 is 5.97 Å². The first-order valence-corrected chi connectivity index (χ1v) is 8.74. The molecule has 1 atom stereocenters. The topological polar surface area (TPSA) is 101 Å². The van der Waals surface area contributed by atoms with Crippen molar-refractivity contribution < 1.29 is 23.1 Å². The standard InChI is InChI=1S/C15H19NO5S/c1-2-4-13(15(18)19)16-22(20,21)11-7-8-12-10(9-11)5-3-6-14(12)17/h7-9,13,16H,2-6H2,1H3,(H,18,19). The summed E-state index contributed by atoms with van der Waals surface area (Å²) < 4.78 is 26.9. The SMILES string of the molecule is CCCC(NS(=O)(=O)c1ccc2c(c1)CCCC2=O)C(=O)O. The molecular weight excluding hydrogens is 306 g/mol. The average molecular weight is 325 g/mol. The van der Waals surface area contributed by atoms with Crippen LogP contribution < -0.4 is 4.72 Å². The number of hydrogen-bond donors (Lipinski definition) is 2. The maximum Gasteiger partial charge on any atom is 0.321 e. The number of fused-ring (bicyclic) bond motifs is 1. The molecule has 2 N–H and O–H groups in total. The van der Waals surface area contributed by atoms with Gasteiger partial charge in [0.25, 0.3) is 0 Å². The van der Waals surface area contributed by atoms with Gasteiger partial charge in [0.2, 0.25) is 10.0 Å². The van der Waals surface area contributed by atoms with Gasteiger partial charge < -0.3 is 5.11 Å². The fourth-order valence-electron chi connectivity index (χ4n) is 2.57. The van der Waals surface area contributed by atoms with E-state index >= 15 is 0 Å². The number of carboxylic acid groups (broad SMARTS) is 1. The number of aryl methyl sites for hydroxylation is 1. The molecule has 0 saturated heterocycles. The number of carbonyl (C=O) groups excluding carboxylic acids is 1. The number of rotatable bonds is 6. The van der Waals surface area contributed by atoms with Crippen LogP contribution in [0.25, 0.3) is 0 Å². The number of sulfonamides is 1. The number of carbonyl (C=O) groups is 2. The fourth-order valence-corrected chi connectivity index (χ4v) is 3.84. The van der Waals surface area contributed by atoms with Crippen LogP contribution in [0.4, 0.5) is 0 Å². The van der Waals surface area contributed by atoms with Crippen molar-refractivity contribution in [2.45, 2.75) is 50.0 Å². The summed E-state index contributed by atoms with van der Waals surface area (Å²) >= 11 is 0. The summed E-state index contributed by atoms with van der Waals surface area (Å²) in [4.78, 5) is 22.9. The summed E-state index contributed by atoms with van der Waals surface area (Å²) in [6.07, 6.45) is 2.61. The van der Waals surface area contributed by atoms with Gasteiger partial charge in [0.15, 0.2) is 5.78 Å². The van der Waals surface area contributed by atoms with Gasteiger partial charge in [-0.25, -0.2) is 8.42 Å². The Morgan fingerprint density at radius 3 is 2.73 bits per heavy atom. The van der Waals surface area contributed by atoms with Crippen molar-refractivity contribution in [2.24, 2.45) is 0 Å². The van der Waals surface area contributed by atoms with E-state index in [1.807, 2.05) is 0 Å². The Morgan fingerprint density at radius 1 is 1.36 bits per heavy atom. The molecule has 22 heavy (non-hydrogen) atoms. The van der Waals surface area contributed by atoms with Crippen molar-refractivity contribution in [3.05, 3.63) is 29.3 Å². The molecule has 1 unspecified atom stereocenters. The second kappa shape index (κ2) is 6.58. The highest BCUT2D eigenvalue weighted by atomic mass is 32.2. The molecule has 1 aliphatic rings. The molecule has 0 spiro atoms. The third-order valence-electron chi connectivity index (χ3n) is 3.71. The zero-order chi connectivity index (χ0) is 16.3. The van der Waals surface area contributed by atoms with E-state index in [4.69, 9.17) is 5.11 Å². The Bertz CT molecular complexity index is 696. The second-order valence-electron chi connectivity index (χ2n) is 5.40. The zero-order valence-electron chi connectivity index (χ0n) is 12.3. The Kier molecular flexibility index (Phi) is 4.97. The lowest BCUT2D eigenvalue weighted by Crippen LogP contribution is -2.40. The van der Waals surface area contributed by atoms with Gasteiger partial charge in [-0.2, -0.15) is 4.72 Å². The molecule has 0 bridgehead atoms. The van der Waals surface area contributed by atoms with E-state index in [-0.39, 0.29) is 17.1 Å². The molecule has 6 nitrogen and oxygen atoms in total. The van der Waals surface area contributed by atoms with Gasteiger partial charge in [-0.3, -0.25) is 9.59 Å². The van der Waals surface area contributed by atoms with Gasteiger partial charge in [-0.05, 0) is 43.0 Å². The van der Waals surface area contributed by atoms with Crippen molar-refractivity contribution >= 4 is 21.8 Å². The largest absolute Gasteiger partial charge is 0.480 e. The first-order valence-electron chi connectivity index (χ1n) is 7.26. The number of hydrogen-bond acceptors (Lipinski definition) is 4. The van der Waals surface area contributed by atoms with E-state index in [1.54, 1.807) is 6.92 Å². The van der Waals surface area contributed by atoms with Crippen LogP contribution in [-0.4, -0.2) is 31.3 Å². The van der Waals surface area contributed by atoms with E-state index in [1.165, 1.54) is 18.2 Å². The van der Waals surface area contributed by atoms with Crippen LogP contribution in [0.2, 0.25) is 0 Å². The summed E-state index contributed by atoms with van der Waals surface area (Å²) in [6.45, 7) is 1.79. The highest BCUT2D eigenvalue weighted by molar-refractivity contribution is 7.89. The van der Waals surface area contributed by atoms with Crippen LogP contribution in [0.15, 0.2) is 23.1 Å². The number of carboxylic acids is 1. The predicted molar refractivity (Wildman–Crippen MR) is 80.4 cm³/mol. The molecule has 0 aromatic heterocycles. The van der Waals surface area contributed by atoms with Gasteiger partial charge in [-0.1, -0.05) is 13.3 Å². The lowest BCUT2D eigenvalue weighted by Gasteiger charge is -2.17. The molecule has 1 aromatic rings. The second-order valence-corrected chi connectivity index (χ2v) is 7.11. The van der Waals surface area contributed by atoms with Crippen molar-refractivity contribution in [1.82, 2.24) is 4.72 Å². The Morgan fingerprint density at radius 2 is 2.09 bits per heavy atom. The minimum atomic E-state index is -3.92. The minimum Gasteiger partial charge on any atom is -0.480 e. The molecule has 1 aliphatic carbocycles. The third-order valence-corrected chi connectivity index (χ3v) is 5.18. The zero-order valence-corrected chi connectivity index (χ0v) is 13.1. The quantitative estimate of drug-likeness (QED) is 0.829. The van der Waals surface area contributed by atoms with Crippen LogP contribution in [0.3, 0.4) is 0 Å². The van der Waals surface area contributed by atoms with Crippen LogP contribution >= 0.6 is 0 Å². The molecule has 120 valence electrons. The highest BCUT2D eigenvalue weighted by Gasteiger charge is 2.26. The molecule has 0 fully saturated rings. The Balaban J connectivity index is 2.30. The number of nitrogens with one attached hydrogen (secondary N) is 1. The number of ketones is 1. The van der Waals surface area contributed by atoms with Gasteiger partial charge in [-0.15, -0.1) is 0 Å². The van der Waals surface area contributed by atoms with E-state index in [0.29, 0.717) is 36.8 Å². The molecule has 0 amide bonds. The third kappa shape index (κ3) is 3.53. The maximum absolute atomic E-state index is 12.3. The molecule has 0 radical (unpaired) electrons. The van der Waals surface area contributed by atoms with Gasteiger partial charge in [0, 0.05) is 12.0 Å². The lowest BCUT2D eigenvalue weighted by molar-refractivity contribution is -0.139. The average Bonchev–Trinajstić information content (AvgIpc) is 2.46. The smallest absolute Gasteiger partial charge is 0.321 e. The van der Waals surface area contributed by atoms with E-state index < -0.39 is 22.0 Å². The number of benzene rings is 1. The predicted octanol–water partition coefficient (Wildman–Crippen LogP) is 1.74. The summed E-state index contributed by atoms with van der Waals surface area (Å²) in [6, 6.07) is 3.20. The highest BCUT2D eigenvalue weighted by Crippen LogP contribution is 2.24. The van der Waals surface area contributed by atoms with E-state index in [9.17, 15) is 18.0 Å². The van der Waals surface area contributed by atoms with E-state index in [2.05, 4.69) is 4.72 Å². The summed E-state index contributed by atoms with van der Waals surface area (Å²) in [5, 5.41) is 9.07. The molecule has 0 aliphatic heterocycles. The number of Topliss-reactive ketones (excluding diaryl/α,β-unsaturated/α-hetero) is 1. The Labute approximate surface area is 129 Å². The van der Waals surface area contributed by atoms with Crippen LogP contribution in [-0.2, 0) is 21.2 Å². The van der Waals surface area contributed by atoms with Crippen LogP contribution in [0, 0.1) is 0 Å². The van der Waals surface area contributed by atoms with Crippen molar-refractivity contribution in [1.29, 1.82) is 0 Å². The first-order chi connectivity index (χ1) is 10.3. The Hall–Kier alpha value is -1.73. The van der Waals surface area contributed by atoms with Gasteiger partial charge in [0.05, 0.1) is 4.90 Å². The fraction of sp³-hybridized carbons (Fsp3) is 0.467. The molecule has 0 saturated carbocycles. The molecule has 0 heterocycles. The van der Waals surface area contributed by atoms with Crippen molar-refractivity contribution in [3.63, 3.8) is 0 Å². The normalized spacial score (nSPS) is 16.1. The lowest BCUT2D eigenvalue weighted by atomic mass is 9.91. The molecule has 1 aromatic carbocycles. The summed E-state index contributed by atoms with van der Waals surface area (Å²) in [5.41, 5.74) is 1.27. The van der Waals surface area contributed by atoms with Crippen LogP contribution in [0.5, 0.6) is 0 Å². The van der Waals surface area contributed by atoms with Crippen LogP contribution in [0.1, 0.15) is 48.5 Å². The number of aliphatic carboxylic acids is 1. The molecule has 2 rings (SSSR count). The first kappa shape index (κ1) is 16.6. The van der Waals surface area contributed by atoms with E-state index in [0.717, 1.165) is 0 Å². The summed E-state index contributed by atoms with van der Waals surface area (Å²) in [7, 11) is -3.92. The monoisotopic (exact) mass is 325 g/mol. The van der Waals surface area contributed by atoms with Crippen molar-refractivity contribution in [2.75, 3.05) is 0 Å². The maximum atomic E-state index is 12.3. The van der Waals surface area contributed by atoms with Crippen molar-refractivity contribution in [3.8, 4) is 0 Å². The molecule has 7 heteroatoms. The minimum absolute atomic E-state index is 0.00306. The summed E-state index contributed by atoms with van der Waals surface area (Å²) in [5.74, 6) is -1.17. The molecular formula is C15H19NO5S. The van der Waals surface area contributed by atoms with Gasteiger partial charge in [0.1, 0.15) is 6.04 Å².